The summed E-state index contributed by atoms with van der Waals surface area (Å²) in [7, 11) is 1.95. The first-order valence-electron chi connectivity index (χ1n) is 6.74. The van der Waals surface area contributed by atoms with E-state index >= 15 is 0 Å². The topological polar surface area (TPSA) is 56.9 Å². The Hall–Kier alpha value is -1.33. The fraction of sp³-hybridized carbons (Fsp3) is 0.643. The molecule has 2 rings (SSSR count). The smallest absolute Gasteiger partial charge is 0.240 e. The minimum Gasteiger partial charge on any atom is -0.467 e. The summed E-state index contributed by atoms with van der Waals surface area (Å²) in [4.78, 5) is 16.4. The van der Waals surface area contributed by atoms with E-state index in [0.717, 1.165) is 18.8 Å². The van der Waals surface area contributed by atoms with Gasteiger partial charge in [-0.2, -0.15) is 0 Å². The summed E-state index contributed by atoms with van der Waals surface area (Å²) in [6.07, 6.45) is 2.11. The molecule has 1 aromatic heterocycles. The van der Waals surface area contributed by atoms with Crippen molar-refractivity contribution in [1.29, 1.82) is 0 Å². The van der Waals surface area contributed by atoms with E-state index in [1.54, 1.807) is 6.26 Å². The SMILES string of the molecule is CC1CN(Cc2ccco2)C(=O)C(CCO)N(C)C1. The van der Waals surface area contributed by atoms with Gasteiger partial charge in [0.05, 0.1) is 18.8 Å². The average Bonchev–Trinajstić information content (AvgIpc) is 2.83. The molecule has 1 aliphatic rings. The number of carbonyl (C=O) groups is 1. The van der Waals surface area contributed by atoms with Crippen molar-refractivity contribution < 1.29 is 14.3 Å². The van der Waals surface area contributed by atoms with Gasteiger partial charge in [-0.3, -0.25) is 9.69 Å². The van der Waals surface area contributed by atoms with Crippen LogP contribution in [0.3, 0.4) is 0 Å². The van der Waals surface area contributed by atoms with Gasteiger partial charge in [0.1, 0.15) is 5.76 Å². The lowest BCUT2D eigenvalue weighted by Crippen LogP contribution is -2.44. The maximum Gasteiger partial charge on any atom is 0.240 e. The van der Waals surface area contributed by atoms with Crippen LogP contribution in [-0.4, -0.2) is 53.6 Å². The van der Waals surface area contributed by atoms with E-state index in [-0.39, 0.29) is 18.6 Å². The molecule has 0 radical (unpaired) electrons. The molecule has 19 heavy (non-hydrogen) atoms. The maximum absolute atomic E-state index is 12.5. The second-order valence-corrected chi connectivity index (χ2v) is 5.37. The zero-order valence-corrected chi connectivity index (χ0v) is 11.6. The van der Waals surface area contributed by atoms with Crippen molar-refractivity contribution >= 4 is 5.91 Å². The summed E-state index contributed by atoms with van der Waals surface area (Å²) in [6.45, 7) is 4.27. The van der Waals surface area contributed by atoms with Crippen molar-refractivity contribution in [2.75, 3.05) is 26.7 Å². The van der Waals surface area contributed by atoms with Gasteiger partial charge < -0.3 is 14.4 Å². The Kier molecular flexibility index (Phi) is 4.61. The number of aliphatic hydroxyl groups is 1. The van der Waals surface area contributed by atoms with Crippen molar-refractivity contribution in [1.82, 2.24) is 9.80 Å². The van der Waals surface area contributed by atoms with Crippen molar-refractivity contribution in [3.8, 4) is 0 Å². The average molecular weight is 266 g/mol. The molecule has 0 aliphatic carbocycles. The van der Waals surface area contributed by atoms with Gasteiger partial charge in [-0.25, -0.2) is 0 Å². The lowest BCUT2D eigenvalue weighted by molar-refractivity contribution is -0.136. The van der Waals surface area contributed by atoms with Gasteiger partial charge in [0.2, 0.25) is 5.91 Å². The molecule has 0 aromatic carbocycles. The Balaban J connectivity index is 2.13. The molecule has 0 saturated carbocycles. The molecule has 2 unspecified atom stereocenters. The van der Waals surface area contributed by atoms with E-state index in [4.69, 9.17) is 9.52 Å². The van der Waals surface area contributed by atoms with Gasteiger partial charge in [-0.15, -0.1) is 0 Å². The maximum atomic E-state index is 12.5. The summed E-state index contributed by atoms with van der Waals surface area (Å²) in [5.74, 6) is 1.29. The highest BCUT2D eigenvalue weighted by atomic mass is 16.3. The molecule has 1 amide bonds. The Labute approximate surface area is 113 Å². The van der Waals surface area contributed by atoms with E-state index in [0.29, 0.717) is 18.9 Å². The summed E-state index contributed by atoms with van der Waals surface area (Å²) >= 11 is 0. The molecule has 1 saturated heterocycles. The molecule has 1 fully saturated rings. The van der Waals surface area contributed by atoms with E-state index in [9.17, 15) is 4.79 Å². The predicted octanol–water partition coefficient (Wildman–Crippen LogP) is 0.941. The third-order valence-electron chi connectivity index (χ3n) is 3.59. The number of likely N-dealkylation sites (N-methyl/N-ethyl adjacent to an activating group) is 1. The molecule has 0 bridgehead atoms. The third kappa shape index (κ3) is 3.36. The first-order valence-corrected chi connectivity index (χ1v) is 6.74. The quantitative estimate of drug-likeness (QED) is 0.881. The van der Waals surface area contributed by atoms with Gasteiger partial charge in [0.25, 0.3) is 0 Å². The normalized spacial score (nSPS) is 25.6. The Morgan fingerprint density at radius 1 is 1.47 bits per heavy atom. The number of hydrogen-bond donors (Lipinski definition) is 1. The molecular formula is C14H22N2O3. The van der Waals surface area contributed by atoms with Crippen LogP contribution in [0.25, 0.3) is 0 Å². The van der Waals surface area contributed by atoms with Crippen LogP contribution < -0.4 is 0 Å². The van der Waals surface area contributed by atoms with Crippen LogP contribution in [-0.2, 0) is 11.3 Å². The molecule has 2 atom stereocenters. The number of rotatable bonds is 4. The van der Waals surface area contributed by atoms with Crippen LogP contribution >= 0.6 is 0 Å². The van der Waals surface area contributed by atoms with Crippen molar-refractivity contribution in [3.63, 3.8) is 0 Å². The zero-order chi connectivity index (χ0) is 13.8. The highest BCUT2D eigenvalue weighted by molar-refractivity contribution is 5.82. The molecule has 1 aliphatic heterocycles. The van der Waals surface area contributed by atoms with Crippen molar-refractivity contribution in [3.05, 3.63) is 24.2 Å². The van der Waals surface area contributed by atoms with E-state index in [1.165, 1.54) is 0 Å². The standard InChI is InChI=1S/C14H22N2O3/c1-11-8-15(2)13(5-6-17)14(18)16(9-11)10-12-4-3-7-19-12/h3-4,7,11,13,17H,5-6,8-10H2,1-2H3. The van der Waals surface area contributed by atoms with Crippen LogP contribution in [0, 0.1) is 5.92 Å². The number of aliphatic hydroxyl groups excluding tert-OH is 1. The molecule has 2 heterocycles. The summed E-state index contributed by atoms with van der Waals surface area (Å²) in [5, 5.41) is 9.14. The highest BCUT2D eigenvalue weighted by Gasteiger charge is 2.32. The lowest BCUT2D eigenvalue weighted by atomic mass is 10.1. The van der Waals surface area contributed by atoms with Gasteiger partial charge in [0.15, 0.2) is 0 Å². The molecule has 1 aromatic rings. The molecular weight excluding hydrogens is 244 g/mol. The van der Waals surface area contributed by atoms with Crippen LogP contribution in [0.4, 0.5) is 0 Å². The first-order chi connectivity index (χ1) is 9.11. The van der Waals surface area contributed by atoms with Gasteiger partial charge in [-0.05, 0) is 31.5 Å². The lowest BCUT2D eigenvalue weighted by Gasteiger charge is -2.27. The Morgan fingerprint density at radius 2 is 2.26 bits per heavy atom. The van der Waals surface area contributed by atoms with Gasteiger partial charge in [0, 0.05) is 19.7 Å². The second kappa shape index (κ2) is 6.21. The van der Waals surface area contributed by atoms with Crippen molar-refractivity contribution in [2.45, 2.75) is 25.9 Å². The molecule has 5 nitrogen and oxygen atoms in total. The monoisotopic (exact) mass is 266 g/mol. The molecule has 0 spiro atoms. The fourth-order valence-corrected chi connectivity index (χ4v) is 2.74. The Morgan fingerprint density at radius 3 is 2.89 bits per heavy atom. The molecule has 5 heteroatoms. The van der Waals surface area contributed by atoms with Gasteiger partial charge >= 0.3 is 0 Å². The summed E-state index contributed by atoms with van der Waals surface area (Å²) in [5.41, 5.74) is 0. The number of carbonyl (C=O) groups excluding carboxylic acids is 1. The van der Waals surface area contributed by atoms with Crippen LogP contribution in [0.5, 0.6) is 0 Å². The zero-order valence-electron chi connectivity index (χ0n) is 11.6. The van der Waals surface area contributed by atoms with Gasteiger partial charge in [-0.1, -0.05) is 6.92 Å². The van der Waals surface area contributed by atoms with Crippen LogP contribution in [0.15, 0.2) is 22.8 Å². The molecule has 106 valence electrons. The first kappa shape index (κ1) is 14.1. The minimum absolute atomic E-state index is 0.0315. The highest BCUT2D eigenvalue weighted by Crippen LogP contribution is 2.18. The number of amides is 1. The second-order valence-electron chi connectivity index (χ2n) is 5.37. The van der Waals surface area contributed by atoms with Crippen LogP contribution in [0.2, 0.25) is 0 Å². The third-order valence-corrected chi connectivity index (χ3v) is 3.59. The summed E-state index contributed by atoms with van der Waals surface area (Å²) < 4.78 is 5.33. The number of nitrogens with zero attached hydrogens (tertiary/aromatic N) is 2. The molecule has 1 N–H and O–H groups in total. The number of furan rings is 1. The van der Waals surface area contributed by atoms with Crippen molar-refractivity contribution in [2.24, 2.45) is 5.92 Å². The fourth-order valence-electron chi connectivity index (χ4n) is 2.74. The minimum atomic E-state index is -0.232. The van der Waals surface area contributed by atoms with E-state index in [2.05, 4.69) is 6.92 Å². The number of hydrogen-bond acceptors (Lipinski definition) is 4. The Bertz CT molecular complexity index is 405. The predicted molar refractivity (Wildman–Crippen MR) is 71.4 cm³/mol. The van der Waals surface area contributed by atoms with E-state index in [1.807, 2.05) is 29.0 Å². The largest absolute Gasteiger partial charge is 0.467 e. The van der Waals surface area contributed by atoms with Crippen LogP contribution in [0.1, 0.15) is 19.1 Å². The summed E-state index contributed by atoms with van der Waals surface area (Å²) in [6, 6.07) is 3.48. The van der Waals surface area contributed by atoms with E-state index < -0.39 is 0 Å².